The van der Waals surface area contributed by atoms with Crippen LogP contribution in [0, 0.1) is 0 Å². The van der Waals surface area contributed by atoms with Crippen molar-refractivity contribution in [2.24, 2.45) is 7.05 Å². The molecule has 0 bridgehead atoms. The van der Waals surface area contributed by atoms with Gasteiger partial charge in [-0.15, -0.1) is 0 Å². The highest BCUT2D eigenvalue weighted by Crippen LogP contribution is 2.40. The molecule has 3 aromatic rings. The Kier molecular flexibility index (Phi) is 2.43. The molecule has 0 spiro atoms. The second-order valence-electron chi connectivity index (χ2n) is 5.11. The van der Waals surface area contributed by atoms with Gasteiger partial charge in [-0.2, -0.15) is 0 Å². The molecule has 0 fully saturated rings. The van der Waals surface area contributed by atoms with Gasteiger partial charge < -0.3 is 9.30 Å². The van der Waals surface area contributed by atoms with Gasteiger partial charge in [0.15, 0.2) is 0 Å². The largest absolute Gasteiger partial charge is 0.488 e. The van der Waals surface area contributed by atoms with E-state index in [0.717, 1.165) is 5.75 Å². The number of rotatable bonds is 1. The Morgan fingerprint density at radius 2 is 1.70 bits per heavy atom. The third-order valence-electron chi connectivity index (χ3n) is 3.91. The summed E-state index contributed by atoms with van der Waals surface area (Å²) in [4.78, 5) is 0. The number of para-hydroxylation sites is 1. The summed E-state index contributed by atoms with van der Waals surface area (Å²) in [5.74, 6) is 0.973. The first-order valence-corrected chi connectivity index (χ1v) is 6.81. The number of aromatic nitrogens is 1. The minimum Gasteiger partial charge on any atom is -0.488 e. The molecule has 2 heteroatoms. The Labute approximate surface area is 118 Å². The van der Waals surface area contributed by atoms with Crippen LogP contribution in [0.4, 0.5) is 0 Å². The van der Waals surface area contributed by atoms with Crippen molar-refractivity contribution in [3.8, 4) is 28.3 Å². The second kappa shape index (κ2) is 4.27. The van der Waals surface area contributed by atoms with E-state index in [1.54, 1.807) is 0 Å². The predicted octanol–water partition coefficient (Wildman–Crippen LogP) is 4.25. The summed E-state index contributed by atoms with van der Waals surface area (Å²) >= 11 is 0. The standard InChI is InChI=1S/C18H15NO/c1-19-16(13-7-3-2-4-8-13)11-14-12-20-17-10-6-5-9-15(17)18(14)19/h2-11H,12H2,1H3. The number of hydrogen-bond acceptors (Lipinski definition) is 1. The Morgan fingerprint density at radius 3 is 2.55 bits per heavy atom. The predicted molar refractivity (Wildman–Crippen MR) is 80.6 cm³/mol. The summed E-state index contributed by atoms with van der Waals surface area (Å²) in [6, 6.07) is 21.0. The van der Waals surface area contributed by atoms with Crippen LogP contribution >= 0.6 is 0 Å². The van der Waals surface area contributed by atoms with Gasteiger partial charge in [0, 0.05) is 23.9 Å². The van der Waals surface area contributed by atoms with Crippen molar-refractivity contribution in [3.05, 3.63) is 66.2 Å². The maximum Gasteiger partial charge on any atom is 0.129 e. The maximum atomic E-state index is 5.84. The third kappa shape index (κ3) is 1.58. The normalized spacial score (nSPS) is 12.4. The molecule has 1 aliphatic rings. The minimum atomic E-state index is 0.646. The Balaban J connectivity index is 1.95. The molecule has 0 saturated heterocycles. The van der Waals surface area contributed by atoms with E-state index in [0.29, 0.717) is 6.61 Å². The van der Waals surface area contributed by atoms with Gasteiger partial charge in [0.05, 0.1) is 5.69 Å². The third-order valence-corrected chi connectivity index (χ3v) is 3.91. The number of hydrogen-bond donors (Lipinski definition) is 0. The van der Waals surface area contributed by atoms with Gasteiger partial charge >= 0.3 is 0 Å². The fourth-order valence-electron chi connectivity index (χ4n) is 2.96. The summed E-state index contributed by atoms with van der Waals surface area (Å²) in [6.07, 6.45) is 0. The zero-order valence-corrected chi connectivity index (χ0v) is 11.3. The molecule has 0 aliphatic carbocycles. The van der Waals surface area contributed by atoms with E-state index in [2.05, 4.69) is 54.1 Å². The van der Waals surface area contributed by atoms with Crippen molar-refractivity contribution >= 4 is 0 Å². The van der Waals surface area contributed by atoms with Gasteiger partial charge in [-0.25, -0.2) is 0 Å². The lowest BCUT2D eigenvalue weighted by Gasteiger charge is -2.19. The van der Waals surface area contributed by atoms with E-state index in [-0.39, 0.29) is 0 Å². The molecule has 2 aromatic carbocycles. The summed E-state index contributed by atoms with van der Waals surface area (Å²) in [5, 5.41) is 0. The quantitative estimate of drug-likeness (QED) is 0.638. The van der Waals surface area contributed by atoms with E-state index < -0.39 is 0 Å². The van der Waals surface area contributed by atoms with E-state index in [4.69, 9.17) is 4.74 Å². The lowest BCUT2D eigenvalue weighted by molar-refractivity contribution is 0.302. The van der Waals surface area contributed by atoms with E-state index in [1.807, 2.05) is 18.2 Å². The van der Waals surface area contributed by atoms with Gasteiger partial charge in [-0.05, 0) is 23.8 Å². The molecule has 0 atom stereocenters. The average Bonchev–Trinajstić information content (AvgIpc) is 2.86. The molecule has 2 nitrogen and oxygen atoms in total. The van der Waals surface area contributed by atoms with Crippen molar-refractivity contribution in [1.29, 1.82) is 0 Å². The van der Waals surface area contributed by atoms with Crippen LogP contribution in [0.5, 0.6) is 5.75 Å². The Bertz CT molecular complexity index is 771. The molecule has 0 amide bonds. The first-order chi connectivity index (χ1) is 9.84. The lowest BCUT2D eigenvalue weighted by Crippen LogP contribution is -2.06. The van der Waals surface area contributed by atoms with E-state index in [1.165, 1.54) is 28.1 Å². The van der Waals surface area contributed by atoms with Crippen LogP contribution in [-0.4, -0.2) is 4.57 Å². The average molecular weight is 261 g/mol. The van der Waals surface area contributed by atoms with Gasteiger partial charge in [-0.1, -0.05) is 42.5 Å². The minimum absolute atomic E-state index is 0.646. The molecule has 4 rings (SSSR count). The molecule has 0 N–H and O–H groups in total. The van der Waals surface area contributed by atoms with Crippen molar-refractivity contribution in [2.75, 3.05) is 0 Å². The van der Waals surface area contributed by atoms with Crippen molar-refractivity contribution in [3.63, 3.8) is 0 Å². The smallest absolute Gasteiger partial charge is 0.129 e. The summed E-state index contributed by atoms with van der Waals surface area (Å²) < 4.78 is 8.11. The SMILES string of the molecule is Cn1c(-c2ccccc2)cc2c1-c1ccccc1OC2. The number of benzene rings is 2. The molecular formula is C18H15NO. The van der Waals surface area contributed by atoms with Gasteiger partial charge in [0.25, 0.3) is 0 Å². The van der Waals surface area contributed by atoms with Gasteiger partial charge in [0.1, 0.15) is 12.4 Å². The lowest BCUT2D eigenvalue weighted by atomic mass is 10.0. The van der Waals surface area contributed by atoms with E-state index in [9.17, 15) is 0 Å². The maximum absolute atomic E-state index is 5.84. The highest BCUT2D eigenvalue weighted by molar-refractivity contribution is 5.77. The zero-order chi connectivity index (χ0) is 13.5. The molecule has 0 radical (unpaired) electrons. The van der Waals surface area contributed by atoms with Crippen LogP contribution in [-0.2, 0) is 13.7 Å². The summed E-state index contributed by atoms with van der Waals surface area (Å²) in [7, 11) is 2.13. The molecule has 1 aliphatic heterocycles. The van der Waals surface area contributed by atoms with E-state index >= 15 is 0 Å². The molecule has 1 aromatic heterocycles. The molecular weight excluding hydrogens is 246 g/mol. The van der Waals surface area contributed by atoms with Gasteiger partial charge in [-0.3, -0.25) is 0 Å². The van der Waals surface area contributed by atoms with Crippen molar-refractivity contribution in [2.45, 2.75) is 6.61 Å². The van der Waals surface area contributed by atoms with Crippen LogP contribution in [0.2, 0.25) is 0 Å². The van der Waals surface area contributed by atoms with Crippen LogP contribution in [0.15, 0.2) is 60.7 Å². The van der Waals surface area contributed by atoms with Crippen molar-refractivity contribution in [1.82, 2.24) is 4.57 Å². The molecule has 0 unspecified atom stereocenters. The van der Waals surface area contributed by atoms with Crippen LogP contribution < -0.4 is 4.74 Å². The first-order valence-electron chi connectivity index (χ1n) is 6.81. The second-order valence-corrected chi connectivity index (χ2v) is 5.11. The zero-order valence-electron chi connectivity index (χ0n) is 11.3. The fraction of sp³-hybridized carbons (Fsp3) is 0.111. The molecule has 98 valence electrons. The number of nitrogens with zero attached hydrogens (tertiary/aromatic N) is 1. The van der Waals surface area contributed by atoms with Crippen LogP contribution in [0.25, 0.3) is 22.5 Å². The topological polar surface area (TPSA) is 14.2 Å². The first kappa shape index (κ1) is 11.4. The van der Waals surface area contributed by atoms with Crippen LogP contribution in [0.1, 0.15) is 5.56 Å². The number of fused-ring (bicyclic) bond motifs is 3. The molecule has 20 heavy (non-hydrogen) atoms. The van der Waals surface area contributed by atoms with Gasteiger partial charge in [0.2, 0.25) is 0 Å². The van der Waals surface area contributed by atoms with Crippen LogP contribution in [0.3, 0.4) is 0 Å². The molecule has 2 heterocycles. The summed E-state index contributed by atoms with van der Waals surface area (Å²) in [5.41, 5.74) is 6.17. The monoisotopic (exact) mass is 261 g/mol. The summed E-state index contributed by atoms with van der Waals surface area (Å²) in [6.45, 7) is 0.646. The number of ether oxygens (including phenoxy) is 1. The fourth-order valence-corrected chi connectivity index (χ4v) is 2.96. The van der Waals surface area contributed by atoms with Crippen molar-refractivity contribution < 1.29 is 4.74 Å². The highest BCUT2D eigenvalue weighted by Gasteiger charge is 2.22. The Hall–Kier alpha value is -2.48. The molecule has 0 saturated carbocycles. The Morgan fingerprint density at radius 1 is 0.950 bits per heavy atom. The highest BCUT2D eigenvalue weighted by atomic mass is 16.5.